The van der Waals surface area contributed by atoms with E-state index in [2.05, 4.69) is 163 Å². The fourth-order valence-electron chi connectivity index (χ4n) is 7.37. The molecule has 1 atom stereocenters. The SMILES string of the molecule is c1ccc(-c2ccc3c(c2)oc2cccc(C4=NC(c5ccc(-c6cccc7ccccc67)cc5)=NC(c5ccc6ccccc6c5)N4)c23)cc1. The van der Waals surface area contributed by atoms with E-state index < -0.39 is 0 Å². The van der Waals surface area contributed by atoms with E-state index in [-0.39, 0.29) is 6.17 Å². The van der Waals surface area contributed by atoms with Gasteiger partial charge in [-0.3, -0.25) is 0 Å². The van der Waals surface area contributed by atoms with Crippen LogP contribution in [0.4, 0.5) is 0 Å². The third-order valence-corrected chi connectivity index (χ3v) is 9.93. The molecule has 0 radical (unpaired) electrons. The number of hydrogen-bond donors (Lipinski definition) is 1. The van der Waals surface area contributed by atoms with Gasteiger partial charge in [-0.25, -0.2) is 9.98 Å². The first-order chi connectivity index (χ1) is 25.2. The van der Waals surface area contributed by atoms with Crippen molar-refractivity contribution in [3.8, 4) is 22.3 Å². The highest BCUT2D eigenvalue weighted by atomic mass is 16.3. The molecule has 51 heavy (non-hydrogen) atoms. The number of benzene rings is 8. The van der Waals surface area contributed by atoms with Crippen molar-refractivity contribution in [2.45, 2.75) is 6.17 Å². The van der Waals surface area contributed by atoms with E-state index in [4.69, 9.17) is 14.4 Å². The molecule has 2 heterocycles. The highest BCUT2D eigenvalue weighted by Gasteiger charge is 2.24. The van der Waals surface area contributed by atoms with Gasteiger partial charge in [-0.2, -0.15) is 0 Å². The highest BCUT2D eigenvalue weighted by Crippen LogP contribution is 2.36. The van der Waals surface area contributed by atoms with Gasteiger partial charge in [0.1, 0.15) is 23.2 Å². The van der Waals surface area contributed by atoms with Gasteiger partial charge in [-0.05, 0) is 73.6 Å². The van der Waals surface area contributed by atoms with E-state index >= 15 is 0 Å². The Morgan fingerprint density at radius 3 is 2.04 bits per heavy atom. The molecule has 0 bridgehead atoms. The van der Waals surface area contributed by atoms with E-state index in [1.165, 1.54) is 27.1 Å². The number of amidine groups is 2. The Morgan fingerprint density at radius 2 is 1.16 bits per heavy atom. The Morgan fingerprint density at radius 1 is 0.451 bits per heavy atom. The third kappa shape index (κ3) is 5.17. The van der Waals surface area contributed by atoms with Gasteiger partial charge in [0.25, 0.3) is 0 Å². The minimum Gasteiger partial charge on any atom is -0.456 e. The largest absolute Gasteiger partial charge is 0.456 e. The van der Waals surface area contributed by atoms with Crippen LogP contribution < -0.4 is 5.32 Å². The van der Waals surface area contributed by atoms with Gasteiger partial charge < -0.3 is 9.73 Å². The summed E-state index contributed by atoms with van der Waals surface area (Å²) in [6, 6.07) is 61.7. The van der Waals surface area contributed by atoms with E-state index in [9.17, 15) is 0 Å². The molecule has 0 spiro atoms. The summed E-state index contributed by atoms with van der Waals surface area (Å²) in [4.78, 5) is 10.5. The van der Waals surface area contributed by atoms with E-state index in [1.54, 1.807) is 0 Å². The lowest BCUT2D eigenvalue weighted by atomic mass is 9.97. The standard InChI is InChI=1S/C47H31N3O/c1-2-10-30(11-3-1)36-26-27-40-43(29-36)51-42-19-9-18-41(44(40)42)47-49-45(48-46(50-47)37-25-20-31-12-4-5-14-35(31)28-37)34-23-21-33(22-24-34)39-17-8-15-32-13-6-7-16-38(32)39/h1-29,46H,(H,48,49,50). The average molecular weight is 654 g/mol. The van der Waals surface area contributed by atoms with Crippen molar-refractivity contribution < 1.29 is 4.42 Å². The smallest absolute Gasteiger partial charge is 0.159 e. The molecule has 9 aromatic rings. The molecule has 1 aliphatic rings. The van der Waals surface area contributed by atoms with Gasteiger partial charge in [-0.15, -0.1) is 0 Å². The maximum atomic E-state index is 6.49. The molecule has 1 unspecified atom stereocenters. The van der Waals surface area contributed by atoms with E-state index in [1.807, 2.05) is 18.2 Å². The fourth-order valence-corrected chi connectivity index (χ4v) is 7.37. The predicted molar refractivity (Wildman–Crippen MR) is 211 cm³/mol. The zero-order chi connectivity index (χ0) is 33.7. The second kappa shape index (κ2) is 12.0. The van der Waals surface area contributed by atoms with Crippen molar-refractivity contribution in [2.24, 2.45) is 9.98 Å². The molecular weight excluding hydrogens is 623 g/mol. The van der Waals surface area contributed by atoms with Crippen LogP contribution in [-0.4, -0.2) is 11.7 Å². The molecule has 240 valence electrons. The quantitative estimate of drug-likeness (QED) is 0.201. The molecule has 0 amide bonds. The van der Waals surface area contributed by atoms with E-state index in [0.29, 0.717) is 5.84 Å². The van der Waals surface area contributed by atoms with Crippen molar-refractivity contribution in [2.75, 3.05) is 0 Å². The Balaban J connectivity index is 1.10. The summed E-state index contributed by atoms with van der Waals surface area (Å²) in [5.41, 5.74) is 9.32. The second-order valence-electron chi connectivity index (χ2n) is 13.0. The molecule has 0 saturated carbocycles. The van der Waals surface area contributed by atoms with Crippen molar-refractivity contribution in [3.05, 3.63) is 193 Å². The fraction of sp³-hybridized carbons (Fsp3) is 0.0213. The lowest BCUT2D eigenvalue weighted by molar-refractivity contribution is 0.668. The molecule has 0 saturated heterocycles. The molecule has 1 aromatic heterocycles. The molecule has 1 N–H and O–H groups in total. The van der Waals surface area contributed by atoms with Gasteiger partial charge in [-0.1, -0.05) is 152 Å². The topological polar surface area (TPSA) is 49.9 Å². The number of hydrogen-bond acceptors (Lipinski definition) is 4. The van der Waals surface area contributed by atoms with Crippen LogP contribution in [0.1, 0.15) is 22.9 Å². The van der Waals surface area contributed by atoms with Gasteiger partial charge in [0.05, 0.1) is 0 Å². The maximum absolute atomic E-state index is 6.49. The van der Waals surface area contributed by atoms with Crippen LogP contribution in [0, 0.1) is 0 Å². The highest BCUT2D eigenvalue weighted by molar-refractivity contribution is 6.22. The number of fused-ring (bicyclic) bond motifs is 5. The van der Waals surface area contributed by atoms with Gasteiger partial charge in [0.15, 0.2) is 5.84 Å². The molecule has 1 aliphatic heterocycles. The summed E-state index contributed by atoms with van der Waals surface area (Å²) >= 11 is 0. The predicted octanol–water partition coefficient (Wildman–Crippen LogP) is 11.7. The number of nitrogens with one attached hydrogen (secondary N) is 1. The van der Waals surface area contributed by atoms with Crippen LogP contribution in [0.25, 0.3) is 65.7 Å². The molecule has 4 heteroatoms. The van der Waals surface area contributed by atoms with Gasteiger partial charge >= 0.3 is 0 Å². The molecule has 4 nitrogen and oxygen atoms in total. The molecule has 8 aromatic carbocycles. The van der Waals surface area contributed by atoms with Gasteiger partial charge in [0, 0.05) is 21.9 Å². The summed E-state index contributed by atoms with van der Waals surface area (Å²) in [6.07, 6.45) is -0.340. The van der Waals surface area contributed by atoms with Crippen LogP contribution in [0.2, 0.25) is 0 Å². The Hall–Kier alpha value is -6.78. The first kappa shape index (κ1) is 29.2. The summed E-state index contributed by atoms with van der Waals surface area (Å²) in [5.74, 6) is 1.44. The van der Waals surface area contributed by atoms with Crippen molar-refractivity contribution in [1.29, 1.82) is 0 Å². The summed E-state index contributed by atoms with van der Waals surface area (Å²) < 4.78 is 6.49. The number of rotatable bonds is 5. The summed E-state index contributed by atoms with van der Waals surface area (Å²) in [5, 5.41) is 10.6. The monoisotopic (exact) mass is 653 g/mol. The van der Waals surface area contributed by atoms with Crippen LogP contribution in [0.3, 0.4) is 0 Å². The van der Waals surface area contributed by atoms with Crippen molar-refractivity contribution in [3.63, 3.8) is 0 Å². The lowest BCUT2D eigenvalue weighted by Crippen LogP contribution is -2.33. The van der Waals surface area contributed by atoms with Crippen LogP contribution in [-0.2, 0) is 0 Å². The van der Waals surface area contributed by atoms with Gasteiger partial charge in [0.2, 0.25) is 0 Å². The molecule has 10 rings (SSSR count). The van der Waals surface area contributed by atoms with Crippen molar-refractivity contribution in [1.82, 2.24) is 5.32 Å². The Bertz CT molecular complexity index is 2820. The number of nitrogens with zero attached hydrogens (tertiary/aromatic N) is 2. The molecule has 0 aliphatic carbocycles. The first-order valence-corrected chi connectivity index (χ1v) is 17.3. The zero-order valence-electron chi connectivity index (χ0n) is 27.6. The normalized spacial score (nSPS) is 14.5. The third-order valence-electron chi connectivity index (χ3n) is 9.93. The lowest BCUT2D eigenvalue weighted by Gasteiger charge is -2.24. The number of furan rings is 1. The first-order valence-electron chi connectivity index (χ1n) is 17.3. The molecule has 0 fully saturated rings. The van der Waals surface area contributed by atoms with Crippen LogP contribution in [0.15, 0.2) is 190 Å². The van der Waals surface area contributed by atoms with Crippen LogP contribution in [0.5, 0.6) is 0 Å². The van der Waals surface area contributed by atoms with Crippen LogP contribution >= 0.6 is 0 Å². The second-order valence-corrected chi connectivity index (χ2v) is 13.0. The van der Waals surface area contributed by atoms with E-state index in [0.717, 1.165) is 61.2 Å². The summed E-state index contributed by atoms with van der Waals surface area (Å²) in [7, 11) is 0. The van der Waals surface area contributed by atoms with Crippen molar-refractivity contribution >= 4 is 55.2 Å². The zero-order valence-corrected chi connectivity index (χ0v) is 27.6. The Labute approximate surface area is 295 Å². The molecular formula is C47H31N3O. The average Bonchev–Trinajstić information content (AvgIpc) is 3.59. The minimum atomic E-state index is -0.340. The maximum Gasteiger partial charge on any atom is 0.159 e. The number of aliphatic imine (C=N–C) groups is 2. The summed E-state index contributed by atoms with van der Waals surface area (Å²) in [6.45, 7) is 0. The minimum absolute atomic E-state index is 0.340. The Kier molecular flexibility index (Phi) is 6.85.